The first-order valence-corrected chi connectivity index (χ1v) is 7.93. The minimum atomic E-state index is 0.289. The summed E-state index contributed by atoms with van der Waals surface area (Å²) < 4.78 is 5.42. The molecule has 0 saturated carbocycles. The second-order valence-corrected chi connectivity index (χ2v) is 5.88. The maximum atomic E-state index is 5.42. The summed E-state index contributed by atoms with van der Waals surface area (Å²) in [6.45, 7) is 6.38. The third-order valence-electron chi connectivity index (χ3n) is 4.28. The van der Waals surface area contributed by atoms with E-state index in [1.165, 1.54) is 16.7 Å². The van der Waals surface area contributed by atoms with Crippen LogP contribution in [-0.2, 0) is 0 Å². The zero-order valence-electron chi connectivity index (χ0n) is 13.4. The first-order valence-electron chi connectivity index (χ1n) is 7.93. The number of ether oxygens (including phenoxy) is 1. The van der Waals surface area contributed by atoms with Gasteiger partial charge in [0, 0.05) is 26.2 Å². The van der Waals surface area contributed by atoms with Crippen molar-refractivity contribution >= 4 is 0 Å². The molecule has 0 bridgehead atoms. The molecule has 0 aromatic heterocycles. The van der Waals surface area contributed by atoms with Crippen LogP contribution >= 0.6 is 0 Å². The van der Waals surface area contributed by atoms with E-state index in [9.17, 15) is 0 Å². The molecular weight excluding hydrogens is 272 g/mol. The third kappa shape index (κ3) is 3.32. The Morgan fingerprint density at radius 3 is 2.36 bits per heavy atom. The lowest BCUT2D eigenvalue weighted by Crippen LogP contribution is -2.45. The van der Waals surface area contributed by atoms with Gasteiger partial charge in [-0.15, -0.1) is 0 Å². The van der Waals surface area contributed by atoms with Gasteiger partial charge in [-0.25, -0.2) is 0 Å². The maximum absolute atomic E-state index is 5.42. The van der Waals surface area contributed by atoms with Gasteiger partial charge in [-0.1, -0.05) is 42.0 Å². The number of benzene rings is 2. The molecule has 22 heavy (non-hydrogen) atoms. The highest BCUT2D eigenvalue weighted by Gasteiger charge is 2.24. The maximum Gasteiger partial charge on any atom is 0.119 e. The Balaban J connectivity index is 2.01. The number of rotatable bonds is 4. The number of piperazine rings is 1. The lowest BCUT2D eigenvalue weighted by Gasteiger charge is -2.35. The van der Waals surface area contributed by atoms with E-state index in [0.29, 0.717) is 0 Å². The van der Waals surface area contributed by atoms with Crippen LogP contribution in [0.15, 0.2) is 48.5 Å². The zero-order chi connectivity index (χ0) is 15.4. The zero-order valence-corrected chi connectivity index (χ0v) is 13.4. The molecule has 0 spiro atoms. The van der Waals surface area contributed by atoms with Crippen LogP contribution in [0.5, 0.6) is 5.75 Å². The summed E-state index contributed by atoms with van der Waals surface area (Å²) >= 11 is 0. The first-order chi connectivity index (χ1) is 10.8. The lowest BCUT2D eigenvalue weighted by molar-refractivity contribution is 0.198. The van der Waals surface area contributed by atoms with Crippen LogP contribution in [0.4, 0.5) is 0 Å². The van der Waals surface area contributed by atoms with E-state index in [1.807, 2.05) is 6.07 Å². The van der Waals surface area contributed by atoms with Crippen LogP contribution in [0, 0.1) is 6.92 Å². The largest absolute Gasteiger partial charge is 0.497 e. The highest BCUT2D eigenvalue weighted by molar-refractivity contribution is 5.38. The molecule has 116 valence electrons. The summed E-state index contributed by atoms with van der Waals surface area (Å²) in [5.41, 5.74) is 3.96. The van der Waals surface area contributed by atoms with Crippen LogP contribution in [0.3, 0.4) is 0 Å². The van der Waals surface area contributed by atoms with Crippen molar-refractivity contribution in [3.63, 3.8) is 0 Å². The molecule has 2 aromatic rings. The van der Waals surface area contributed by atoms with E-state index in [4.69, 9.17) is 4.74 Å². The molecule has 1 N–H and O–H groups in total. The smallest absolute Gasteiger partial charge is 0.119 e. The molecule has 1 unspecified atom stereocenters. The SMILES string of the molecule is COc1cccc(C(c2cccc(C)c2)N2CCNCC2)c1. The molecule has 2 aromatic carbocycles. The number of methoxy groups -OCH3 is 1. The van der Waals surface area contributed by atoms with Gasteiger partial charge in [0.1, 0.15) is 5.75 Å². The molecule has 1 aliphatic rings. The second kappa shape index (κ2) is 6.95. The van der Waals surface area contributed by atoms with Gasteiger partial charge < -0.3 is 10.1 Å². The van der Waals surface area contributed by atoms with E-state index in [1.54, 1.807) is 7.11 Å². The van der Waals surface area contributed by atoms with Crippen molar-refractivity contribution in [2.24, 2.45) is 0 Å². The average Bonchev–Trinajstić information content (AvgIpc) is 2.56. The monoisotopic (exact) mass is 296 g/mol. The number of hydrogen-bond donors (Lipinski definition) is 1. The summed E-state index contributed by atoms with van der Waals surface area (Å²) in [6.07, 6.45) is 0. The fraction of sp³-hybridized carbons (Fsp3) is 0.368. The van der Waals surface area contributed by atoms with Crippen molar-refractivity contribution in [2.45, 2.75) is 13.0 Å². The van der Waals surface area contributed by atoms with E-state index >= 15 is 0 Å². The van der Waals surface area contributed by atoms with Gasteiger partial charge in [-0.3, -0.25) is 4.90 Å². The Kier molecular flexibility index (Phi) is 4.76. The molecule has 0 radical (unpaired) electrons. The molecule has 3 heteroatoms. The normalized spacial score (nSPS) is 17.2. The van der Waals surface area contributed by atoms with Gasteiger partial charge in [-0.2, -0.15) is 0 Å². The van der Waals surface area contributed by atoms with Gasteiger partial charge in [0.05, 0.1) is 13.2 Å². The summed E-state index contributed by atoms with van der Waals surface area (Å²) in [6, 6.07) is 17.6. The van der Waals surface area contributed by atoms with Crippen molar-refractivity contribution in [1.29, 1.82) is 0 Å². The molecule has 0 amide bonds. The van der Waals surface area contributed by atoms with Crippen LogP contribution < -0.4 is 10.1 Å². The Morgan fingerprint density at radius 2 is 1.68 bits per heavy atom. The minimum absolute atomic E-state index is 0.289. The van der Waals surface area contributed by atoms with Gasteiger partial charge in [0.15, 0.2) is 0 Å². The molecule has 3 rings (SSSR count). The van der Waals surface area contributed by atoms with Gasteiger partial charge >= 0.3 is 0 Å². The summed E-state index contributed by atoms with van der Waals surface area (Å²) in [7, 11) is 1.73. The van der Waals surface area contributed by atoms with Crippen LogP contribution in [0.25, 0.3) is 0 Å². The fourth-order valence-corrected chi connectivity index (χ4v) is 3.21. The molecule has 1 heterocycles. The van der Waals surface area contributed by atoms with Crippen molar-refractivity contribution in [3.8, 4) is 5.75 Å². The average molecular weight is 296 g/mol. The van der Waals surface area contributed by atoms with E-state index in [-0.39, 0.29) is 6.04 Å². The number of aryl methyl sites for hydroxylation is 1. The van der Waals surface area contributed by atoms with Crippen molar-refractivity contribution < 1.29 is 4.74 Å². The van der Waals surface area contributed by atoms with Gasteiger partial charge in [0.2, 0.25) is 0 Å². The van der Waals surface area contributed by atoms with Crippen molar-refractivity contribution in [1.82, 2.24) is 10.2 Å². The quantitative estimate of drug-likeness (QED) is 0.938. The highest BCUT2D eigenvalue weighted by Crippen LogP contribution is 2.31. The van der Waals surface area contributed by atoms with E-state index in [0.717, 1.165) is 31.9 Å². The molecular formula is C19H24N2O. The summed E-state index contributed by atoms with van der Waals surface area (Å²) in [5.74, 6) is 0.922. The highest BCUT2D eigenvalue weighted by atomic mass is 16.5. The minimum Gasteiger partial charge on any atom is -0.497 e. The second-order valence-electron chi connectivity index (χ2n) is 5.88. The van der Waals surface area contributed by atoms with Crippen LogP contribution in [0.2, 0.25) is 0 Å². The fourth-order valence-electron chi connectivity index (χ4n) is 3.21. The van der Waals surface area contributed by atoms with Crippen molar-refractivity contribution in [3.05, 3.63) is 65.2 Å². The number of nitrogens with zero attached hydrogens (tertiary/aromatic N) is 1. The Hall–Kier alpha value is -1.84. The van der Waals surface area contributed by atoms with Crippen LogP contribution in [-0.4, -0.2) is 38.2 Å². The Bertz CT molecular complexity index is 620. The number of nitrogens with one attached hydrogen (secondary N) is 1. The molecule has 1 aliphatic heterocycles. The lowest BCUT2D eigenvalue weighted by atomic mass is 9.95. The topological polar surface area (TPSA) is 24.5 Å². The third-order valence-corrected chi connectivity index (χ3v) is 4.28. The van der Waals surface area contributed by atoms with E-state index in [2.05, 4.69) is 59.6 Å². The molecule has 0 aliphatic carbocycles. The Morgan fingerprint density at radius 1 is 1.00 bits per heavy atom. The molecule has 3 nitrogen and oxygen atoms in total. The molecule has 1 saturated heterocycles. The molecule has 1 atom stereocenters. The summed E-state index contributed by atoms with van der Waals surface area (Å²) in [4.78, 5) is 2.56. The number of hydrogen-bond acceptors (Lipinski definition) is 3. The van der Waals surface area contributed by atoms with Gasteiger partial charge in [-0.05, 0) is 30.2 Å². The Labute approximate surface area is 132 Å². The van der Waals surface area contributed by atoms with E-state index < -0.39 is 0 Å². The van der Waals surface area contributed by atoms with Gasteiger partial charge in [0.25, 0.3) is 0 Å². The predicted octanol–water partition coefficient (Wildman–Crippen LogP) is 3.00. The predicted molar refractivity (Wildman–Crippen MR) is 90.5 cm³/mol. The first kappa shape index (κ1) is 15.1. The molecule has 1 fully saturated rings. The summed E-state index contributed by atoms with van der Waals surface area (Å²) in [5, 5.41) is 3.44. The van der Waals surface area contributed by atoms with Crippen LogP contribution in [0.1, 0.15) is 22.7 Å². The van der Waals surface area contributed by atoms with Crippen molar-refractivity contribution in [2.75, 3.05) is 33.3 Å². The standard InChI is InChI=1S/C19H24N2O/c1-15-5-3-6-16(13-15)19(21-11-9-20-10-12-21)17-7-4-8-18(14-17)22-2/h3-8,13-14,19-20H,9-12H2,1-2H3.